The first-order valence-corrected chi connectivity index (χ1v) is 8.73. The van der Waals surface area contributed by atoms with E-state index >= 15 is 0 Å². The topological polar surface area (TPSA) is 49.4 Å². The number of nitrogens with one attached hydrogen (secondary N) is 1. The van der Waals surface area contributed by atoms with Crippen molar-refractivity contribution in [1.29, 1.82) is 0 Å². The van der Waals surface area contributed by atoms with Crippen molar-refractivity contribution in [2.45, 2.75) is 26.3 Å². The van der Waals surface area contributed by atoms with Crippen molar-refractivity contribution < 1.29 is 9.59 Å². The second kappa shape index (κ2) is 9.84. The van der Waals surface area contributed by atoms with Gasteiger partial charge in [-0.25, -0.2) is 0 Å². The predicted molar refractivity (Wildman–Crippen MR) is 100 cm³/mol. The third kappa shape index (κ3) is 6.98. The number of carbonyl (C=O) groups is 2. The Kier molecular flexibility index (Phi) is 7.48. The summed E-state index contributed by atoms with van der Waals surface area (Å²) in [5.74, 6) is -0.0812. The Morgan fingerprint density at radius 3 is 2.28 bits per heavy atom. The summed E-state index contributed by atoms with van der Waals surface area (Å²) in [6, 6.07) is 17.4. The Hall–Kier alpha value is -2.33. The molecular formula is C20H23ClN2O2. The zero-order valence-corrected chi connectivity index (χ0v) is 15.1. The number of amides is 2. The maximum Gasteiger partial charge on any atom is 0.222 e. The van der Waals surface area contributed by atoms with Crippen LogP contribution in [0.4, 0.5) is 0 Å². The fourth-order valence-electron chi connectivity index (χ4n) is 2.46. The van der Waals surface area contributed by atoms with E-state index in [9.17, 15) is 9.59 Å². The monoisotopic (exact) mass is 358 g/mol. The summed E-state index contributed by atoms with van der Waals surface area (Å²) >= 11 is 5.84. The van der Waals surface area contributed by atoms with Crippen molar-refractivity contribution in [2.24, 2.45) is 0 Å². The lowest BCUT2D eigenvalue weighted by atomic mass is 10.1. The normalized spacial score (nSPS) is 10.3. The summed E-state index contributed by atoms with van der Waals surface area (Å²) in [4.78, 5) is 25.5. The van der Waals surface area contributed by atoms with Gasteiger partial charge in [-0.2, -0.15) is 0 Å². The molecule has 0 radical (unpaired) electrons. The van der Waals surface area contributed by atoms with Gasteiger partial charge in [0.25, 0.3) is 0 Å². The molecule has 0 saturated heterocycles. The van der Waals surface area contributed by atoms with E-state index in [0.29, 0.717) is 31.1 Å². The molecular weight excluding hydrogens is 336 g/mol. The minimum atomic E-state index is -0.0686. The molecule has 2 rings (SSSR count). The van der Waals surface area contributed by atoms with Crippen LogP contribution in [0.15, 0.2) is 54.6 Å². The van der Waals surface area contributed by atoms with Crippen LogP contribution in [0, 0.1) is 0 Å². The standard InChI is InChI=1S/C20H23ClN2O2/c1-16(24)23(13-11-17-5-3-2-4-6-17)14-12-20(25)22-15-18-7-9-19(21)10-8-18/h2-10H,11-15H2,1H3,(H,22,25). The smallest absolute Gasteiger partial charge is 0.222 e. The van der Waals surface area contributed by atoms with E-state index in [4.69, 9.17) is 11.6 Å². The maximum atomic E-state index is 12.0. The van der Waals surface area contributed by atoms with Gasteiger partial charge >= 0.3 is 0 Å². The fourth-order valence-corrected chi connectivity index (χ4v) is 2.59. The number of benzene rings is 2. The van der Waals surface area contributed by atoms with Gasteiger partial charge in [-0.05, 0) is 29.7 Å². The summed E-state index contributed by atoms with van der Waals surface area (Å²) in [6.45, 7) is 3.04. The number of carbonyl (C=O) groups excluding carboxylic acids is 2. The van der Waals surface area contributed by atoms with Crippen LogP contribution < -0.4 is 5.32 Å². The van der Waals surface area contributed by atoms with E-state index in [1.54, 1.807) is 17.0 Å². The minimum Gasteiger partial charge on any atom is -0.352 e. The molecule has 0 aromatic heterocycles. The SMILES string of the molecule is CC(=O)N(CCC(=O)NCc1ccc(Cl)cc1)CCc1ccccc1. The van der Waals surface area contributed by atoms with Gasteiger partial charge in [0.2, 0.25) is 11.8 Å². The van der Waals surface area contributed by atoms with Crippen molar-refractivity contribution in [1.82, 2.24) is 10.2 Å². The molecule has 1 N–H and O–H groups in total. The van der Waals surface area contributed by atoms with Crippen LogP contribution in [0.5, 0.6) is 0 Å². The highest BCUT2D eigenvalue weighted by Gasteiger charge is 2.11. The summed E-state index contributed by atoms with van der Waals surface area (Å²) in [6.07, 6.45) is 1.08. The van der Waals surface area contributed by atoms with Crippen LogP contribution in [0.1, 0.15) is 24.5 Å². The molecule has 2 amide bonds. The van der Waals surface area contributed by atoms with E-state index in [1.165, 1.54) is 12.5 Å². The Morgan fingerprint density at radius 1 is 0.960 bits per heavy atom. The van der Waals surface area contributed by atoms with Crippen LogP contribution in [-0.2, 0) is 22.6 Å². The van der Waals surface area contributed by atoms with Crippen LogP contribution >= 0.6 is 11.6 Å². The third-order valence-corrected chi connectivity index (χ3v) is 4.22. The number of hydrogen-bond donors (Lipinski definition) is 1. The Morgan fingerprint density at radius 2 is 1.64 bits per heavy atom. The number of nitrogens with zero attached hydrogens (tertiary/aromatic N) is 1. The van der Waals surface area contributed by atoms with Crippen molar-refractivity contribution in [3.05, 3.63) is 70.7 Å². The number of hydrogen-bond acceptors (Lipinski definition) is 2. The van der Waals surface area contributed by atoms with Crippen LogP contribution in [0.3, 0.4) is 0 Å². The highest BCUT2D eigenvalue weighted by Crippen LogP contribution is 2.09. The second-order valence-corrected chi connectivity index (χ2v) is 6.33. The van der Waals surface area contributed by atoms with Crippen LogP contribution in [0.2, 0.25) is 5.02 Å². The van der Waals surface area contributed by atoms with E-state index in [-0.39, 0.29) is 11.8 Å². The molecule has 0 spiro atoms. The highest BCUT2D eigenvalue weighted by atomic mass is 35.5. The third-order valence-electron chi connectivity index (χ3n) is 3.97. The average molecular weight is 359 g/mol. The lowest BCUT2D eigenvalue weighted by Crippen LogP contribution is -2.35. The van der Waals surface area contributed by atoms with E-state index in [2.05, 4.69) is 5.32 Å². The molecule has 0 unspecified atom stereocenters. The molecule has 2 aromatic carbocycles. The lowest BCUT2D eigenvalue weighted by molar-refractivity contribution is -0.129. The molecule has 132 valence electrons. The van der Waals surface area contributed by atoms with E-state index in [1.807, 2.05) is 42.5 Å². The van der Waals surface area contributed by atoms with E-state index in [0.717, 1.165) is 12.0 Å². The van der Waals surface area contributed by atoms with Crippen LogP contribution in [-0.4, -0.2) is 29.8 Å². The molecule has 0 aliphatic carbocycles. The zero-order valence-electron chi connectivity index (χ0n) is 14.4. The molecule has 5 heteroatoms. The summed E-state index contributed by atoms with van der Waals surface area (Å²) in [5.41, 5.74) is 2.17. The number of halogens is 1. The molecule has 0 fully saturated rings. The quantitative estimate of drug-likeness (QED) is 0.785. The first kappa shape index (κ1) is 19.0. The van der Waals surface area contributed by atoms with Gasteiger partial charge in [-0.3, -0.25) is 9.59 Å². The Balaban J connectivity index is 1.74. The molecule has 0 atom stereocenters. The molecule has 0 heterocycles. The molecule has 2 aromatic rings. The Labute approximate surface area is 153 Å². The van der Waals surface area contributed by atoms with Gasteiger partial charge in [-0.15, -0.1) is 0 Å². The maximum absolute atomic E-state index is 12.0. The van der Waals surface area contributed by atoms with Gasteiger partial charge < -0.3 is 10.2 Å². The molecule has 25 heavy (non-hydrogen) atoms. The molecule has 0 aliphatic heterocycles. The van der Waals surface area contributed by atoms with Crippen molar-refractivity contribution in [3.8, 4) is 0 Å². The van der Waals surface area contributed by atoms with Gasteiger partial charge in [-0.1, -0.05) is 54.1 Å². The zero-order chi connectivity index (χ0) is 18.1. The predicted octanol–water partition coefficient (Wildman–Crippen LogP) is 3.44. The molecule has 0 aliphatic rings. The van der Waals surface area contributed by atoms with Crippen molar-refractivity contribution in [2.75, 3.05) is 13.1 Å². The largest absolute Gasteiger partial charge is 0.352 e. The minimum absolute atomic E-state index is 0.0126. The molecule has 4 nitrogen and oxygen atoms in total. The average Bonchev–Trinajstić information content (AvgIpc) is 2.61. The van der Waals surface area contributed by atoms with Gasteiger partial charge in [0, 0.05) is 38.0 Å². The first-order chi connectivity index (χ1) is 12.0. The lowest BCUT2D eigenvalue weighted by Gasteiger charge is -2.21. The van der Waals surface area contributed by atoms with Gasteiger partial charge in [0.1, 0.15) is 0 Å². The highest BCUT2D eigenvalue weighted by molar-refractivity contribution is 6.30. The van der Waals surface area contributed by atoms with Crippen molar-refractivity contribution in [3.63, 3.8) is 0 Å². The van der Waals surface area contributed by atoms with E-state index < -0.39 is 0 Å². The fraction of sp³-hybridized carbons (Fsp3) is 0.300. The number of rotatable bonds is 8. The summed E-state index contributed by atoms with van der Waals surface area (Å²) in [7, 11) is 0. The van der Waals surface area contributed by atoms with Crippen LogP contribution in [0.25, 0.3) is 0 Å². The first-order valence-electron chi connectivity index (χ1n) is 8.35. The second-order valence-electron chi connectivity index (χ2n) is 5.89. The van der Waals surface area contributed by atoms with Crippen molar-refractivity contribution >= 4 is 23.4 Å². The molecule has 0 saturated carbocycles. The Bertz CT molecular complexity index is 687. The van der Waals surface area contributed by atoms with Gasteiger partial charge in [0.15, 0.2) is 0 Å². The summed E-state index contributed by atoms with van der Waals surface area (Å²) in [5, 5.41) is 3.54. The summed E-state index contributed by atoms with van der Waals surface area (Å²) < 4.78 is 0. The van der Waals surface area contributed by atoms with Gasteiger partial charge in [0.05, 0.1) is 0 Å². The molecule has 0 bridgehead atoms.